The van der Waals surface area contributed by atoms with Crippen molar-refractivity contribution in [2.45, 2.75) is 39.0 Å². The molecule has 106 valence electrons. The Morgan fingerprint density at radius 1 is 1.40 bits per heavy atom. The molecule has 2 aromatic rings. The summed E-state index contributed by atoms with van der Waals surface area (Å²) in [5.74, 6) is 1.15. The highest BCUT2D eigenvalue weighted by Gasteiger charge is 2.21. The van der Waals surface area contributed by atoms with Crippen LogP contribution in [0.2, 0.25) is 0 Å². The van der Waals surface area contributed by atoms with Crippen LogP contribution in [-0.4, -0.2) is 17.4 Å². The number of nitrogens with zero attached hydrogens (tertiary/aromatic N) is 1. The first kappa shape index (κ1) is 13.2. The Kier molecular flexibility index (Phi) is 3.72. The van der Waals surface area contributed by atoms with Gasteiger partial charge in [-0.25, -0.2) is 4.98 Å². The standard InChI is InChI=1S/C16H20N2O2/c1-11-18-14-7-6-12(10-15(14)20-11)8-9-17-16(19)13-4-2-3-5-13/h6-7,10,13H,2-5,8-9H2,1H3,(H,17,19). The lowest BCUT2D eigenvalue weighted by atomic mass is 10.1. The Morgan fingerprint density at radius 2 is 2.20 bits per heavy atom. The minimum atomic E-state index is 0.221. The Labute approximate surface area is 118 Å². The summed E-state index contributed by atoms with van der Waals surface area (Å²) in [5.41, 5.74) is 2.88. The van der Waals surface area contributed by atoms with Gasteiger partial charge in [0.15, 0.2) is 11.5 Å². The molecule has 3 rings (SSSR count). The summed E-state index contributed by atoms with van der Waals surface area (Å²) in [6.07, 6.45) is 5.32. The molecule has 1 aliphatic rings. The molecule has 0 atom stereocenters. The van der Waals surface area contributed by atoms with Gasteiger partial charge >= 0.3 is 0 Å². The first-order valence-electron chi connectivity index (χ1n) is 7.36. The molecule has 0 spiro atoms. The van der Waals surface area contributed by atoms with Crippen molar-refractivity contribution < 1.29 is 9.21 Å². The normalized spacial score (nSPS) is 15.8. The molecule has 0 radical (unpaired) electrons. The number of carbonyl (C=O) groups is 1. The Hall–Kier alpha value is -1.84. The van der Waals surface area contributed by atoms with Crippen molar-refractivity contribution in [2.75, 3.05) is 6.54 Å². The monoisotopic (exact) mass is 272 g/mol. The van der Waals surface area contributed by atoms with Crippen LogP contribution >= 0.6 is 0 Å². The largest absolute Gasteiger partial charge is 0.441 e. The van der Waals surface area contributed by atoms with E-state index in [1.807, 2.05) is 25.1 Å². The van der Waals surface area contributed by atoms with Crippen LogP contribution in [0.15, 0.2) is 22.6 Å². The predicted octanol–water partition coefficient (Wildman–Crippen LogP) is 2.99. The second-order valence-corrected chi connectivity index (χ2v) is 5.56. The zero-order valence-corrected chi connectivity index (χ0v) is 11.8. The fourth-order valence-electron chi connectivity index (χ4n) is 2.90. The van der Waals surface area contributed by atoms with Gasteiger partial charge in [-0.3, -0.25) is 4.79 Å². The van der Waals surface area contributed by atoms with Crippen molar-refractivity contribution in [3.63, 3.8) is 0 Å². The average molecular weight is 272 g/mol. The fourth-order valence-corrected chi connectivity index (χ4v) is 2.90. The van der Waals surface area contributed by atoms with Gasteiger partial charge < -0.3 is 9.73 Å². The van der Waals surface area contributed by atoms with Crippen LogP contribution in [0.4, 0.5) is 0 Å². The summed E-state index contributed by atoms with van der Waals surface area (Å²) in [4.78, 5) is 16.2. The summed E-state index contributed by atoms with van der Waals surface area (Å²) < 4.78 is 5.52. The van der Waals surface area contributed by atoms with Gasteiger partial charge in [0.1, 0.15) is 5.52 Å². The third-order valence-electron chi connectivity index (χ3n) is 4.00. The molecule has 1 aliphatic carbocycles. The lowest BCUT2D eigenvalue weighted by Crippen LogP contribution is -2.30. The van der Waals surface area contributed by atoms with Crippen molar-refractivity contribution in [3.05, 3.63) is 29.7 Å². The number of aromatic nitrogens is 1. The van der Waals surface area contributed by atoms with Crippen molar-refractivity contribution in [1.82, 2.24) is 10.3 Å². The minimum absolute atomic E-state index is 0.221. The number of amides is 1. The number of rotatable bonds is 4. The Bertz CT molecular complexity index is 612. The summed E-state index contributed by atoms with van der Waals surface area (Å²) >= 11 is 0. The number of oxazole rings is 1. The average Bonchev–Trinajstić information content (AvgIpc) is 3.05. The SMILES string of the molecule is Cc1nc2ccc(CCNC(=O)C3CCCC3)cc2o1. The van der Waals surface area contributed by atoms with E-state index in [4.69, 9.17) is 4.42 Å². The van der Waals surface area contributed by atoms with Crippen LogP contribution in [0.3, 0.4) is 0 Å². The highest BCUT2D eigenvalue weighted by molar-refractivity contribution is 5.79. The molecule has 0 aliphatic heterocycles. The van der Waals surface area contributed by atoms with Crippen LogP contribution in [0.1, 0.15) is 37.1 Å². The van der Waals surface area contributed by atoms with Crippen molar-refractivity contribution in [3.8, 4) is 0 Å². The third kappa shape index (κ3) is 2.84. The van der Waals surface area contributed by atoms with Gasteiger partial charge in [0, 0.05) is 19.4 Å². The number of aryl methyl sites for hydroxylation is 1. The summed E-state index contributed by atoms with van der Waals surface area (Å²) in [6.45, 7) is 2.54. The van der Waals surface area contributed by atoms with Crippen molar-refractivity contribution >= 4 is 17.0 Å². The van der Waals surface area contributed by atoms with E-state index >= 15 is 0 Å². The van der Waals surface area contributed by atoms with Gasteiger partial charge in [0.25, 0.3) is 0 Å². The highest BCUT2D eigenvalue weighted by Crippen LogP contribution is 2.24. The smallest absolute Gasteiger partial charge is 0.223 e. The quantitative estimate of drug-likeness (QED) is 0.931. The van der Waals surface area contributed by atoms with Gasteiger partial charge in [-0.2, -0.15) is 0 Å². The maximum atomic E-state index is 11.9. The first-order valence-corrected chi connectivity index (χ1v) is 7.36. The second kappa shape index (κ2) is 5.65. The van der Waals surface area contributed by atoms with Crippen LogP contribution in [0, 0.1) is 12.8 Å². The number of carbonyl (C=O) groups excluding carboxylic acids is 1. The minimum Gasteiger partial charge on any atom is -0.441 e. The molecule has 1 aromatic heterocycles. The Balaban J connectivity index is 1.55. The van der Waals surface area contributed by atoms with E-state index in [0.29, 0.717) is 12.4 Å². The topological polar surface area (TPSA) is 55.1 Å². The van der Waals surface area contributed by atoms with Gasteiger partial charge in [-0.05, 0) is 37.0 Å². The lowest BCUT2D eigenvalue weighted by molar-refractivity contribution is -0.124. The maximum absolute atomic E-state index is 11.9. The summed E-state index contributed by atoms with van der Waals surface area (Å²) in [6, 6.07) is 6.03. The molecule has 0 bridgehead atoms. The van der Waals surface area contributed by atoms with Crippen LogP contribution in [0.25, 0.3) is 11.1 Å². The molecule has 1 aromatic carbocycles. The molecule has 1 amide bonds. The number of hydrogen-bond acceptors (Lipinski definition) is 3. The summed E-state index contributed by atoms with van der Waals surface area (Å²) in [5, 5.41) is 3.04. The van der Waals surface area contributed by atoms with Gasteiger partial charge in [-0.1, -0.05) is 18.9 Å². The van der Waals surface area contributed by atoms with E-state index in [9.17, 15) is 4.79 Å². The fraction of sp³-hybridized carbons (Fsp3) is 0.500. The lowest BCUT2D eigenvalue weighted by Gasteiger charge is -2.10. The second-order valence-electron chi connectivity index (χ2n) is 5.56. The molecule has 1 N–H and O–H groups in total. The van der Waals surface area contributed by atoms with Gasteiger partial charge in [-0.15, -0.1) is 0 Å². The van der Waals surface area contributed by atoms with Crippen molar-refractivity contribution in [2.24, 2.45) is 5.92 Å². The highest BCUT2D eigenvalue weighted by atomic mass is 16.3. The number of fused-ring (bicyclic) bond motifs is 1. The molecule has 0 saturated heterocycles. The van der Waals surface area contributed by atoms with Crippen LogP contribution in [-0.2, 0) is 11.2 Å². The molecular formula is C16H20N2O2. The first-order chi connectivity index (χ1) is 9.72. The van der Waals surface area contributed by atoms with E-state index in [2.05, 4.69) is 10.3 Å². The van der Waals surface area contributed by atoms with Crippen molar-refractivity contribution in [1.29, 1.82) is 0 Å². The van der Waals surface area contributed by atoms with E-state index in [0.717, 1.165) is 30.4 Å². The molecule has 4 heteroatoms. The zero-order chi connectivity index (χ0) is 13.9. The molecule has 4 nitrogen and oxygen atoms in total. The van der Waals surface area contributed by atoms with Gasteiger partial charge in [0.2, 0.25) is 5.91 Å². The molecular weight excluding hydrogens is 252 g/mol. The van der Waals surface area contributed by atoms with Crippen LogP contribution in [0.5, 0.6) is 0 Å². The molecule has 20 heavy (non-hydrogen) atoms. The zero-order valence-electron chi connectivity index (χ0n) is 11.8. The third-order valence-corrected chi connectivity index (χ3v) is 4.00. The van der Waals surface area contributed by atoms with E-state index in [-0.39, 0.29) is 11.8 Å². The number of benzene rings is 1. The van der Waals surface area contributed by atoms with E-state index in [1.165, 1.54) is 18.4 Å². The van der Waals surface area contributed by atoms with E-state index in [1.54, 1.807) is 0 Å². The maximum Gasteiger partial charge on any atom is 0.223 e. The van der Waals surface area contributed by atoms with Gasteiger partial charge in [0.05, 0.1) is 0 Å². The van der Waals surface area contributed by atoms with Crippen LogP contribution < -0.4 is 5.32 Å². The molecule has 1 fully saturated rings. The molecule has 0 unspecified atom stereocenters. The van der Waals surface area contributed by atoms with E-state index < -0.39 is 0 Å². The molecule has 1 heterocycles. The molecule has 1 saturated carbocycles. The number of nitrogens with one attached hydrogen (secondary N) is 1. The summed E-state index contributed by atoms with van der Waals surface area (Å²) in [7, 11) is 0. The predicted molar refractivity (Wildman–Crippen MR) is 77.4 cm³/mol. The Morgan fingerprint density at radius 3 is 3.00 bits per heavy atom. The number of hydrogen-bond donors (Lipinski definition) is 1.